The minimum absolute atomic E-state index is 0.301. The zero-order chi connectivity index (χ0) is 14.4. The highest BCUT2D eigenvalue weighted by molar-refractivity contribution is 5.29. The number of ether oxygens (including phenoxy) is 1. The van der Waals surface area contributed by atoms with Gasteiger partial charge >= 0.3 is 0 Å². The van der Waals surface area contributed by atoms with Crippen LogP contribution >= 0.6 is 0 Å². The summed E-state index contributed by atoms with van der Waals surface area (Å²) < 4.78 is 7.41. The summed E-state index contributed by atoms with van der Waals surface area (Å²) in [5.74, 6) is 0.940. The molecule has 4 heteroatoms. The number of aryl methyl sites for hydroxylation is 1. The Kier molecular flexibility index (Phi) is 5.18. The zero-order valence-corrected chi connectivity index (χ0v) is 12.5. The number of rotatable bonds is 7. The average Bonchev–Trinajstić information content (AvgIpc) is 2.89. The first-order valence-electron chi connectivity index (χ1n) is 7.12. The van der Waals surface area contributed by atoms with Crippen molar-refractivity contribution >= 4 is 0 Å². The number of nitrogens with zero attached hydrogens (tertiary/aromatic N) is 2. The van der Waals surface area contributed by atoms with E-state index in [2.05, 4.69) is 36.4 Å². The third-order valence-corrected chi connectivity index (χ3v) is 3.22. The molecule has 108 valence electrons. The summed E-state index contributed by atoms with van der Waals surface area (Å²) in [6, 6.07) is 8.61. The van der Waals surface area contributed by atoms with Crippen molar-refractivity contribution in [3.8, 4) is 5.75 Å². The van der Waals surface area contributed by atoms with Crippen molar-refractivity contribution in [1.82, 2.24) is 15.1 Å². The lowest BCUT2D eigenvalue weighted by Gasteiger charge is -2.14. The van der Waals surface area contributed by atoms with E-state index in [1.54, 1.807) is 0 Å². The van der Waals surface area contributed by atoms with Crippen LogP contribution in [0.5, 0.6) is 5.75 Å². The number of benzene rings is 1. The van der Waals surface area contributed by atoms with Crippen molar-refractivity contribution in [1.29, 1.82) is 0 Å². The molecule has 0 radical (unpaired) electrons. The number of hydrogen-bond acceptors (Lipinski definition) is 3. The molecule has 4 nitrogen and oxygen atoms in total. The van der Waals surface area contributed by atoms with Gasteiger partial charge in [-0.05, 0) is 31.0 Å². The minimum Gasteiger partial charge on any atom is -0.494 e. The molecule has 1 N–H and O–H groups in total. The van der Waals surface area contributed by atoms with E-state index >= 15 is 0 Å². The quantitative estimate of drug-likeness (QED) is 0.842. The van der Waals surface area contributed by atoms with Gasteiger partial charge < -0.3 is 10.1 Å². The van der Waals surface area contributed by atoms with Crippen molar-refractivity contribution in [3.63, 3.8) is 0 Å². The van der Waals surface area contributed by atoms with Crippen LogP contribution in [0.15, 0.2) is 36.7 Å². The maximum atomic E-state index is 5.59. The molecule has 0 fully saturated rings. The predicted molar refractivity (Wildman–Crippen MR) is 80.7 cm³/mol. The molecular weight excluding hydrogens is 250 g/mol. The highest BCUT2D eigenvalue weighted by Crippen LogP contribution is 2.18. The second-order valence-electron chi connectivity index (χ2n) is 5.04. The zero-order valence-electron chi connectivity index (χ0n) is 12.5. The summed E-state index contributed by atoms with van der Waals surface area (Å²) in [6.45, 7) is 5.87. The summed E-state index contributed by atoms with van der Waals surface area (Å²) in [4.78, 5) is 0. The van der Waals surface area contributed by atoms with E-state index in [9.17, 15) is 0 Å². The molecule has 20 heavy (non-hydrogen) atoms. The van der Waals surface area contributed by atoms with Crippen LogP contribution < -0.4 is 10.1 Å². The Hall–Kier alpha value is -1.81. The lowest BCUT2D eigenvalue weighted by atomic mass is 10.1. The Bertz CT molecular complexity index is 519. The van der Waals surface area contributed by atoms with Crippen LogP contribution in [-0.4, -0.2) is 16.4 Å². The fraction of sp³-hybridized carbons (Fsp3) is 0.438. The SMILES string of the molecule is CCCOc1ccc(C(C)NCc2cnn(C)c2)cc1. The summed E-state index contributed by atoms with van der Waals surface area (Å²) in [5.41, 5.74) is 2.46. The first-order valence-corrected chi connectivity index (χ1v) is 7.12. The molecule has 0 bridgehead atoms. The Morgan fingerprint density at radius 3 is 2.65 bits per heavy atom. The summed E-state index contributed by atoms with van der Waals surface area (Å²) in [7, 11) is 1.93. The number of hydrogen-bond donors (Lipinski definition) is 1. The second-order valence-corrected chi connectivity index (χ2v) is 5.04. The maximum absolute atomic E-state index is 5.59. The van der Waals surface area contributed by atoms with Gasteiger partial charge in [-0.3, -0.25) is 4.68 Å². The molecule has 0 saturated carbocycles. The number of nitrogens with one attached hydrogen (secondary N) is 1. The fourth-order valence-corrected chi connectivity index (χ4v) is 2.02. The van der Waals surface area contributed by atoms with Gasteiger partial charge in [0.1, 0.15) is 5.75 Å². The molecule has 1 aromatic heterocycles. The van der Waals surface area contributed by atoms with Gasteiger partial charge in [-0.1, -0.05) is 19.1 Å². The minimum atomic E-state index is 0.301. The first kappa shape index (κ1) is 14.6. The van der Waals surface area contributed by atoms with Gasteiger partial charge in [0.2, 0.25) is 0 Å². The van der Waals surface area contributed by atoms with Crippen LogP contribution in [0.3, 0.4) is 0 Å². The van der Waals surface area contributed by atoms with E-state index < -0.39 is 0 Å². The van der Waals surface area contributed by atoms with Gasteiger partial charge in [0.05, 0.1) is 12.8 Å². The van der Waals surface area contributed by atoms with Crippen molar-refractivity contribution in [2.24, 2.45) is 7.05 Å². The monoisotopic (exact) mass is 273 g/mol. The van der Waals surface area contributed by atoms with Gasteiger partial charge in [-0.15, -0.1) is 0 Å². The average molecular weight is 273 g/mol. The van der Waals surface area contributed by atoms with Gasteiger partial charge in [-0.2, -0.15) is 5.10 Å². The Labute approximate surface area is 120 Å². The molecule has 1 unspecified atom stereocenters. The van der Waals surface area contributed by atoms with Gasteiger partial charge in [0.25, 0.3) is 0 Å². The molecule has 2 rings (SSSR count). The molecule has 0 spiro atoms. The topological polar surface area (TPSA) is 39.1 Å². The van der Waals surface area contributed by atoms with Crippen molar-refractivity contribution < 1.29 is 4.74 Å². The molecule has 1 atom stereocenters. The Morgan fingerprint density at radius 2 is 2.05 bits per heavy atom. The summed E-state index contributed by atoms with van der Waals surface area (Å²) in [6.07, 6.45) is 4.95. The van der Waals surface area contributed by atoms with Gasteiger partial charge in [-0.25, -0.2) is 0 Å². The van der Waals surface area contributed by atoms with E-state index in [1.165, 1.54) is 11.1 Å². The lowest BCUT2D eigenvalue weighted by Crippen LogP contribution is -2.17. The molecule has 1 aromatic carbocycles. The van der Waals surface area contributed by atoms with Crippen molar-refractivity contribution in [2.45, 2.75) is 32.9 Å². The van der Waals surface area contributed by atoms with Crippen LogP contribution in [0.4, 0.5) is 0 Å². The highest BCUT2D eigenvalue weighted by atomic mass is 16.5. The first-order chi connectivity index (χ1) is 9.69. The van der Waals surface area contributed by atoms with E-state index in [0.717, 1.165) is 25.3 Å². The molecule has 0 aliphatic rings. The summed E-state index contributed by atoms with van der Waals surface area (Å²) in [5, 5.41) is 7.66. The van der Waals surface area contributed by atoms with Crippen LogP contribution in [0.2, 0.25) is 0 Å². The highest BCUT2D eigenvalue weighted by Gasteiger charge is 2.06. The summed E-state index contributed by atoms with van der Waals surface area (Å²) >= 11 is 0. The van der Waals surface area contributed by atoms with Crippen LogP contribution in [0, 0.1) is 0 Å². The Balaban J connectivity index is 1.86. The van der Waals surface area contributed by atoms with E-state index in [-0.39, 0.29) is 0 Å². The molecule has 0 aliphatic carbocycles. The number of aromatic nitrogens is 2. The van der Waals surface area contributed by atoms with Crippen molar-refractivity contribution in [2.75, 3.05) is 6.61 Å². The molecule has 0 amide bonds. The van der Waals surface area contributed by atoms with Crippen LogP contribution in [-0.2, 0) is 13.6 Å². The molecule has 1 heterocycles. The molecular formula is C16H23N3O. The lowest BCUT2D eigenvalue weighted by molar-refractivity contribution is 0.317. The smallest absolute Gasteiger partial charge is 0.119 e. The molecule has 0 saturated heterocycles. The fourth-order valence-electron chi connectivity index (χ4n) is 2.02. The van der Waals surface area contributed by atoms with E-state index in [0.29, 0.717) is 6.04 Å². The normalized spacial score (nSPS) is 12.3. The van der Waals surface area contributed by atoms with E-state index in [4.69, 9.17) is 4.74 Å². The molecule has 0 aliphatic heterocycles. The van der Waals surface area contributed by atoms with Crippen LogP contribution in [0.1, 0.15) is 37.4 Å². The standard InChI is InChI=1S/C16H23N3O/c1-4-9-20-16-7-5-15(6-8-16)13(2)17-10-14-11-18-19(3)12-14/h5-8,11-13,17H,4,9-10H2,1-3H3. The maximum Gasteiger partial charge on any atom is 0.119 e. The van der Waals surface area contributed by atoms with Crippen molar-refractivity contribution in [3.05, 3.63) is 47.8 Å². The van der Waals surface area contributed by atoms with Gasteiger partial charge in [0, 0.05) is 31.4 Å². The third-order valence-electron chi connectivity index (χ3n) is 3.22. The van der Waals surface area contributed by atoms with Crippen LogP contribution in [0.25, 0.3) is 0 Å². The molecule has 2 aromatic rings. The second kappa shape index (κ2) is 7.10. The third kappa shape index (κ3) is 4.10. The van der Waals surface area contributed by atoms with Gasteiger partial charge in [0.15, 0.2) is 0 Å². The van der Waals surface area contributed by atoms with E-state index in [1.807, 2.05) is 36.3 Å². The predicted octanol–water partition coefficient (Wildman–Crippen LogP) is 3.06. The largest absolute Gasteiger partial charge is 0.494 e. The Morgan fingerprint density at radius 1 is 1.30 bits per heavy atom.